The number of H-pyrrole nitrogens is 1. The summed E-state index contributed by atoms with van der Waals surface area (Å²) in [6.45, 7) is 1.82. The van der Waals surface area contributed by atoms with E-state index in [0.29, 0.717) is 11.6 Å². The molecule has 2 N–H and O–H groups in total. The SMILES string of the molecule is Cc1ncc(C(=O)NC2CCC(c3ccc(F)cc3)C2)[nH]1. The quantitative estimate of drug-likeness (QED) is 0.912. The van der Waals surface area contributed by atoms with Crippen LogP contribution >= 0.6 is 0 Å². The number of nitrogens with one attached hydrogen (secondary N) is 2. The van der Waals surface area contributed by atoms with Gasteiger partial charge in [-0.3, -0.25) is 4.79 Å². The zero-order valence-electron chi connectivity index (χ0n) is 11.9. The van der Waals surface area contributed by atoms with E-state index in [1.807, 2.05) is 19.1 Å². The maximum Gasteiger partial charge on any atom is 0.269 e. The molecule has 1 aromatic carbocycles. The molecule has 0 spiro atoms. The van der Waals surface area contributed by atoms with Crippen LogP contribution in [0.25, 0.3) is 0 Å². The van der Waals surface area contributed by atoms with Crippen LogP contribution in [0.1, 0.15) is 47.1 Å². The van der Waals surface area contributed by atoms with Crippen LogP contribution in [0.4, 0.5) is 4.39 Å². The molecule has 0 aliphatic heterocycles. The number of hydrogen-bond acceptors (Lipinski definition) is 2. The average Bonchev–Trinajstić information content (AvgIpc) is 3.09. The van der Waals surface area contributed by atoms with Gasteiger partial charge < -0.3 is 10.3 Å². The van der Waals surface area contributed by atoms with Gasteiger partial charge in [0, 0.05) is 6.04 Å². The summed E-state index contributed by atoms with van der Waals surface area (Å²) in [7, 11) is 0. The van der Waals surface area contributed by atoms with Crippen molar-refractivity contribution in [2.75, 3.05) is 0 Å². The second-order valence-corrected chi connectivity index (χ2v) is 5.61. The standard InChI is InChI=1S/C16H18FN3O/c1-10-18-9-15(19-10)16(21)20-14-7-4-12(8-14)11-2-5-13(17)6-3-11/h2-3,5-6,9,12,14H,4,7-8H2,1H3,(H,18,19)(H,20,21). The largest absolute Gasteiger partial charge is 0.348 e. The number of amides is 1. The molecule has 1 fully saturated rings. The van der Waals surface area contributed by atoms with Gasteiger partial charge in [0.25, 0.3) is 5.91 Å². The third-order valence-corrected chi connectivity index (χ3v) is 4.06. The van der Waals surface area contributed by atoms with E-state index in [9.17, 15) is 9.18 Å². The second-order valence-electron chi connectivity index (χ2n) is 5.61. The summed E-state index contributed by atoms with van der Waals surface area (Å²) in [5, 5.41) is 3.04. The lowest BCUT2D eigenvalue weighted by Crippen LogP contribution is -2.33. The number of benzene rings is 1. The molecule has 1 saturated carbocycles. The molecule has 1 aromatic heterocycles. The molecule has 1 heterocycles. The second kappa shape index (κ2) is 5.68. The minimum Gasteiger partial charge on any atom is -0.348 e. The van der Waals surface area contributed by atoms with E-state index in [1.165, 1.54) is 12.1 Å². The first kappa shape index (κ1) is 13.8. The number of carbonyl (C=O) groups excluding carboxylic acids is 1. The Balaban J connectivity index is 1.59. The van der Waals surface area contributed by atoms with Crippen LogP contribution in [0, 0.1) is 12.7 Å². The number of carbonyl (C=O) groups is 1. The number of nitrogens with zero attached hydrogens (tertiary/aromatic N) is 1. The molecule has 110 valence electrons. The molecule has 21 heavy (non-hydrogen) atoms. The first-order chi connectivity index (χ1) is 10.1. The van der Waals surface area contributed by atoms with Crippen molar-refractivity contribution in [3.8, 4) is 0 Å². The highest BCUT2D eigenvalue weighted by molar-refractivity contribution is 5.92. The molecule has 1 aliphatic rings. The van der Waals surface area contributed by atoms with Gasteiger partial charge in [0.1, 0.15) is 17.3 Å². The molecule has 2 atom stereocenters. The Kier molecular flexibility index (Phi) is 3.73. The van der Waals surface area contributed by atoms with Crippen molar-refractivity contribution >= 4 is 5.91 Å². The minimum absolute atomic E-state index is 0.111. The van der Waals surface area contributed by atoms with Crippen molar-refractivity contribution in [1.82, 2.24) is 15.3 Å². The van der Waals surface area contributed by atoms with Crippen molar-refractivity contribution in [1.29, 1.82) is 0 Å². The molecule has 0 radical (unpaired) electrons. The summed E-state index contributed by atoms with van der Waals surface area (Å²) < 4.78 is 12.9. The number of aromatic amines is 1. The highest BCUT2D eigenvalue weighted by atomic mass is 19.1. The van der Waals surface area contributed by atoms with Gasteiger partial charge in [0.2, 0.25) is 0 Å². The van der Waals surface area contributed by atoms with E-state index >= 15 is 0 Å². The topological polar surface area (TPSA) is 57.8 Å². The monoisotopic (exact) mass is 287 g/mol. The maximum atomic E-state index is 12.9. The Hall–Kier alpha value is -2.17. The molecule has 1 amide bonds. The number of aromatic nitrogens is 2. The molecule has 3 rings (SSSR count). The normalized spacial score (nSPS) is 21.4. The lowest BCUT2D eigenvalue weighted by atomic mass is 9.97. The van der Waals surface area contributed by atoms with Crippen LogP contribution in [0.5, 0.6) is 0 Å². The third-order valence-electron chi connectivity index (χ3n) is 4.06. The van der Waals surface area contributed by atoms with Gasteiger partial charge in [0.05, 0.1) is 6.20 Å². The lowest BCUT2D eigenvalue weighted by molar-refractivity contribution is 0.0933. The fourth-order valence-corrected chi connectivity index (χ4v) is 2.95. The number of halogens is 1. The van der Waals surface area contributed by atoms with Gasteiger partial charge in [-0.05, 0) is 49.8 Å². The molecule has 0 bridgehead atoms. The van der Waals surface area contributed by atoms with Crippen LogP contribution < -0.4 is 5.32 Å². The molecular formula is C16H18FN3O. The van der Waals surface area contributed by atoms with E-state index in [-0.39, 0.29) is 17.8 Å². The molecule has 5 heteroatoms. The van der Waals surface area contributed by atoms with Crippen molar-refractivity contribution < 1.29 is 9.18 Å². The number of aryl methyl sites for hydroxylation is 1. The fourth-order valence-electron chi connectivity index (χ4n) is 2.95. The third kappa shape index (κ3) is 3.12. The predicted molar refractivity (Wildman–Crippen MR) is 77.6 cm³/mol. The highest BCUT2D eigenvalue weighted by Gasteiger charge is 2.27. The summed E-state index contributed by atoms with van der Waals surface area (Å²) in [4.78, 5) is 19.0. The molecule has 1 aliphatic carbocycles. The van der Waals surface area contributed by atoms with E-state index < -0.39 is 0 Å². The zero-order valence-corrected chi connectivity index (χ0v) is 11.9. The Morgan fingerprint density at radius 1 is 1.33 bits per heavy atom. The lowest BCUT2D eigenvalue weighted by Gasteiger charge is -2.13. The fraction of sp³-hybridized carbons (Fsp3) is 0.375. The van der Waals surface area contributed by atoms with Crippen molar-refractivity contribution in [3.05, 3.63) is 53.4 Å². The summed E-state index contributed by atoms with van der Waals surface area (Å²) in [6.07, 6.45) is 4.40. The summed E-state index contributed by atoms with van der Waals surface area (Å²) in [6, 6.07) is 6.82. The molecule has 0 saturated heterocycles. The Morgan fingerprint density at radius 2 is 2.10 bits per heavy atom. The summed E-state index contributed by atoms with van der Waals surface area (Å²) >= 11 is 0. The Morgan fingerprint density at radius 3 is 2.76 bits per heavy atom. The first-order valence-electron chi connectivity index (χ1n) is 7.20. The Labute approximate surface area is 122 Å². The van der Waals surface area contributed by atoms with Crippen LogP contribution in [0.3, 0.4) is 0 Å². The molecule has 4 nitrogen and oxygen atoms in total. The molecular weight excluding hydrogens is 269 g/mol. The van der Waals surface area contributed by atoms with Gasteiger partial charge >= 0.3 is 0 Å². The van der Waals surface area contributed by atoms with Crippen molar-refractivity contribution in [3.63, 3.8) is 0 Å². The average molecular weight is 287 g/mol. The number of imidazole rings is 1. The number of rotatable bonds is 3. The molecule has 2 aromatic rings. The van der Waals surface area contributed by atoms with Gasteiger partial charge in [-0.2, -0.15) is 0 Å². The molecule has 2 unspecified atom stereocenters. The zero-order chi connectivity index (χ0) is 14.8. The van der Waals surface area contributed by atoms with Crippen molar-refractivity contribution in [2.24, 2.45) is 0 Å². The van der Waals surface area contributed by atoms with Gasteiger partial charge in [-0.1, -0.05) is 12.1 Å². The van der Waals surface area contributed by atoms with Gasteiger partial charge in [0.15, 0.2) is 0 Å². The number of hydrogen-bond donors (Lipinski definition) is 2. The predicted octanol–water partition coefficient (Wildman–Crippen LogP) is 2.92. The van der Waals surface area contributed by atoms with E-state index in [4.69, 9.17) is 0 Å². The van der Waals surface area contributed by atoms with Gasteiger partial charge in [-0.15, -0.1) is 0 Å². The maximum absolute atomic E-state index is 12.9. The van der Waals surface area contributed by atoms with Gasteiger partial charge in [-0.25, -0.2) is 9.37 Å². The van der Waals surface area contributed by atoms with Crippen LogP contribution in [-0.2, 0) is 0 Å². The van der Waals surface area contributed by atoms with E-state index in [1.54, 1.807) is 6.20 Å². The van der Waals surface area contributed by atoms with Crippen molar-refractivity contribution in [2.45, 2.75) is 38.1 Å². The van der Waals surface area contributed by atoms with E-state index in [2.05, 4.69) is 15.3 Å². The highest BCUT2D eigenvalue weighted by Crippen LogP contribution is 2.34. The smallest absolute Gasteiger partial charge is 0.269 e. The van der Waals surface area contributed by atoms with E-state index in [0.717, 1.165) is 30.7 Å². The van der Waals surface area contributed by atoms with Crippen LogP contribution in [0.2, 0.25) is 0 Å². The minimum atomic E-state index is -0.212. The summed E-state index contributed by atoms with van der Waals surface area (Å²) in [5.74, 6) is 0.798. The van der Waals surface area contributed by atoms with Crippen LogP contribution in [-0.4, -0.2) is 21.9 Å². The first-order valence-corrected chi connectivity index (χ1v) is 7.20. The summed E-state index contributed by atoms with van der Waals surface area (Å²) in [5.41, 5.74) is 1.64. The van der Waals surface area contributed by atoms with Crippen LogP contribution in [0.15, 0.2) is 30.5 Å². The Bertz CT molecular complexity index is 635.